The Kier molecular flexibility index (Phi) is 4.06. The highest BCUT2D eigenvalue weighted by molar-refractivity contribution is 14.1. The lowest BCUT2D eigenvalue weighted by molar-refractivity contribution is 0.423. The van der Waals surface area contributed by atoms with E-state index in [4.69, 9.17) is 0 Å². The maximum absolute atomic E-state index is 4.16. The largest absolute Gasteiger partial charge is 0.346 e. The number of nitrogens with one attached hydrogen (secondary N) is 1. The molecule has 0 radical (unpaired) electrons. The smallest absolute Gasteiger partial charge is 0.243 e. The fourth-order valence-electron chi connectivity index (χ4n) is 2.94. The normalized spacial score (nSPS) is 19.9. The van der Waals surface area contributed by atoms with E-state index in [9.17, 15) is 0 Å². The number of nitrogens with zero attached hydrogens (tertiary/aromatic N) is 4. The van der Waals surface area contributed by atoms with Gasteiger partial charge in [0.25, 0.3) is 0 Å². The molecule has 2 aromatic carbocycles. The Labute approximate surface area is 155 Å². The summed E-state index contributed by atoms with van der Waals surface area (Å²) in [4.78, 5) is 0. The minimum Gasteiger partial charge on any atom is -0.346 e. The van der Waals surface area contributed by atoms with Gasteiger partial charge in [-0.3, -0.25) is 0 Å². The summed E-state index contributed by atoms with van der Waals surface area (Å²) >= 11 is 5.87. The van der Waals surface area contributed by atoms with Gasteiger partial charge in [0, 0.05) is 8.04 Å². The molecule has 1 aliphatic heterocycles. The van der Waals surface area contributed by atoms with Crippen LogP contribution in [0.25, 0.3) is 0 Å². The van der Waals surface area contributed by atoms with Crippen LogP contribution in [0.2, 0.25) is 0 Å². The van der Waals surface area contributed by atoms with Gasteiger partial charge in [-0.15, -0.1) is 0 Å². The summed E-state index contributed by atoms with van der Waals surface area (Å²) in [5.41, 5.74) is 2.45. The standard InChI is InChI=1S/C16H13BrIN5/c17-12-3-1-2-11(8-12)15-9-14(10-4-6-13(18)7-5-10)19-16-20-21-22-23(15)16/h1-8,14-15H,9H2,(H,19,20,22). The lowest BCUT2D eigenvalue weighted by Gasteiger charge is -2.31. The molecule has 1 aliphatic rings. The highest BCUT2D eigenvalue weighted by Crippen LogP contribution is 2.37. The highest BCUT2D eigenvalue weighted by Gasteiger charge is 2.30. The van der Waals surface area contributed by atoms with Crippen LogP contribution in [0.4, 0.5) is 5.95 Å². The van der Waals surface area contributed by atoms with E-state index in [1.54, 1.807) is 0 Å². The van der Waals surface area contributed by atoms with E-state index in [0.717, 1.165) is 10.9 Å². The van der Waals surface area contributed by atoms with Gasteiger partial charge < -0.3 is 5.32 Å². The summed E-state index contributed by atoms with van der Waals surface area (Å²) in [5, 5.41) is 15.6. The van der Waals surface area contributed by atoms with Crippen molar-refractivity contribution in [1.82, 2.24) is 20.2 Å². The van der Waals surface area contributed by atoms with Crippen LogP contribution in [0.1, 0.15) is 29.6 Å². The van der Waals surface area contributed by atoms with E-state index >= 15 is 0 Å². The third-order valence-corrected chi connectivity index (χ3v) is 5.27. The van der Waals surface area contributed by atoms with Crippen LogP contribution in [0.5, 0.6) is 0 Å². The first-order chi connectivity index (χ1) is 11.2. The monoisotopic (exact) mass is 481 g/mol. The van der Waals surface area contributed by atoms with Crippen LogP contribution < -0.4 is 5.32 Å². The zero-order chi connectivity index (χ0) is 15.8. The average Bonchev–Trinajstić information content (AvgIpc) is 3.03. The molecule has 0 spiro atoms. The summed E-state index contributed by atoms with van der Waals surface area (Å²) in [7, 11) is 0. The number of hydrogen-bond donors (Lipinski definition) is 1. The van der Waals surface area contributed by atoms with Gasteiger partial charge in [-0.05, 0) is 74.8 Å². The second-order valence-electron chi connectivity index (χ2n) is 5.50. The molecule has 116 valence electrons. The Morgan fingerprint density at radius 3 is 2.74 bits per heavy atom. The van der Waals surface area contributed by atoms with Gasteiger partial charge in [0.05, 0.1) is 12.1 Å². The Hall–Kier alpha value is -1.48. The minimum absolute atomic E-state index is 0.114. The molecule has 0 aliphatic carbocycles. The fraction of sp³-hybridized carbons (Fsp3) is 0.188. The fourth-order valence-corrected chi connectivity index (χ4v) is 3.72. The molecular formula is C16H13BrIN5. The van der Waals surface area contributed by atoms with Gasteiger partial charge in [0.2, 0.25) is 5.95 Å². The van der Waals surface area contributed by atoms with Crippen LogP contribution >= 0.6 is 38.5 Å². The zero-order valence-corrected chi connectivity index (χ0v) is 15.8. The molecule has 3 aromatic rings. The average molecular weight is 482 g/mol. The lowest BCUT2D eigenvalue weighted by Crippen LogP contribution is -2.28. The molecule has 0 saturated carbocycles. The molecule has 0 amide bonds. The first-order valence-electron chi connectivity index (χ1n) is 7.26. The van der Waals surface area contributed by atoms with E-state index in [1.165, 1.54) is 14.7 Å². The summed E-state index contributed by atoms with van der Waals surface area (Å²) in [6.07, 6.45) is 0.898. The van der Waals surface area contributed by atoms with Crippen LogP contribution in [0, 0.1) is 3.57 Å². The van der Waals surface area contributed by atoms with Crippen molar-refractivity contribution in [3.63, 3.8) is 0 Å². The van der Waals surface area contributed by atoms with Crippen LogP contribution in [-0.2, 0) is 0 Å². The number of hydrogen-bond acceptors (Lipinski definition) is 4. The third kappa shape index (κ3) is 2.99. The van der Waals surface area contributed by atoms with Crippen molar-refractivity contribution in [2.45, 2.75) is 18.5 Å². The Balaban J connectivity index is 1.73. The number of benzene rings is 2. The number of tetrazole rings is 1. The maximum atomic E-state index is 4.16. The van der Waals surface area contributed by atoms with E-state index in [0.29, 0.717) is 5.95 Å². The van der Waals surface area contributed by atoms with E-state index < -0.39 is 0 Å². The van der Waals surface area contributed by atoms with E-state index in [1.807, 2.05) is 16.8 Å². The predicted octanol–water partition coefficient (Wildman–Crippen LogP) is 4.19. The third-order valence-electron chi connectivity index (χ3n) is 4.06. The summed E-state index contributed by atoms with van der Waals surface area (Å²) in [6.45, 7) is 0. The maximum Gasteiger partial charge on any atom is 0.243 e. The lowest BCUT2D eigenvalue weighted by atomic mass is 9.93. The molecule has 2 unspecified atom stereocenters. The number of rotatable bonds is 2. The molecule has 23 heavy (non-hydrogen) atoms. The Morgan fingerprint density at radius 2 is 1.96 bits per heavy atom. The van der Waals surface area contributed by atoms with Crippen molar-refractivity contribution in [3.8, 4) is 0 Å². The second-order valence-corrected chi connectivity index (χ2v) is 7.66. The Morgan fingerprint density at radius 1 is 1.13 bits per heavy atom. The van der Waals surface area contributed by atoms with Crippen molar-refractivity contribution in [2.24, 2.45) is 0 Å². The van der Waals surface area contributed by atoms with Crippen molar-refractivity contribution in [2.75, 3.05) is 5.32 Å². The SMILES string of the molecule is Brc1cccc(C2CC(c3ccc(I)cc3)Nc3nnnn32)c1. The molecule has 0 saturated heterocycles. The summed E-state index contributed by atoms with van der Waals surface area (Å²) in [6, 6.07) is 17.2. The quantitative estimate of drug-likeness (QED) is 0.558. The summed E-state index contributed by atoms with van der Waals surface area (Å²) < 4.78 is 4.16. The molecule has 1 N–H and O–H groups in total. The minimum atomic E-state index is 0.114. The van der Waals surface area contributed by atoms with Gasteiger partial charge in [0.1, 0.15) is 0 Å². The molecule has 0 bridgehead atoms. The molecule has 5 nitrogen and oxygen atoms in total. The van der Waals surface area contributed by atoms with Gasteiger partial charge in [-0.25, -0.2) is 4.68 Å². The van der Waals surface area contributed by atoms with Crippen LogP contribution in [0.3, 0.4) is 0 Å². The first kappa shape index (κ1) is 15.1. The van der Waals surface area contributed by atoms with Gasteiger partial charge >= 0.3 is 0 Å². The number of anilines is 1. The van der Waals surface area contributed by atoms with E-state index in [2.05, 4.69) is 95.8 Å². The molecule has 2 heterocycles. The predicted molar refractivity (Wildman–Crippen MR) is 100 cm³/mol. The van der Waals surface area contributed by atoms with Gasteiger partial charge in [0.15, 0.2) is 0 Å². The number of halogens is 2. The van der Waals surface area contributed by atoms with Gasteiger partial charge in [-0.1, -0.05) is 45.3 Å². The Bertz CT molecular complexity index is 832. The van der Waals surface area contributed by atoms with Crippen molar-refractivity contribution in [3.05, 3.63) is 67.7 Å². The van der Waals surface area contributed by atoms with Crippen molar-refractivity contribution >= 4 is 44.5 Å². The summed E-state index contributed by atoms with van der Waals surface area (Å²) in [5.74, 6) is 0.713. The first-order valence-corrected chi connectivity index (χ1v) is 9.13. The van der Waals surface area contributed by atoms with E-state index in [-0.39, 0.29) is 12.1 Å². The van der Waals surface area contributed by atoms with Crippen LogP contribution in [-0.4, -0.2) is 20.2 Å². The highest BCUT2D eigenvalue weighted by atomic mass is 127. The second kappa shape index (κ2) is 6.20. The zero-order valence-electron chi connectivity index (χ0n) is 12.0. The molecule has 7 heteroatoms. The molecule has 1 aromatic heterocycles. The van der Waals surface area contributed by atoms with Crippen molar-refractivity contribution in [1.29, 1.82) is 0 Å². The van der Waals surface area contributed by atoms with Gasteiger partial charge in [-0.2, -0.15) is 0 Å². The number of aromatic nitrogens is 4. The van der Waals surface area contributed by atoms with Crippen LogP contribution in [0.15, 0.2) is 53.0 Å². The molecule has 0 fully saturated rings. The molecular weight excluding hydrogens is 469 g/mol. The van der Waals surface area contributed by atoms with Crippen molar-refractivity contribution < 1.29 is 0 Å². The molecule has 4 rings (SSSR count). The number of fused-ring (bicyclic) bond motifs is 1. The topological polar surface area (TPSA) is 55.6 Å². The molecule has 2 atom stereocenters.